The number of amides is 2. The molecule has 3 aromatic carbocycles. The molecule has 0 fully saturated rings. The van der Waals surface area contributed by atoms with Crippen LogP contribution in [0.1, 0.15) is 31.9 Å². The van der Waals surface area contributed by atoms with E-state index in [1.807, 2.05) is 38.1 Å². The molecule has 0 heterocycles. The molecule has 0 saturated heterocycles. The SMILES string of the molecule is Cc1ccc(Cl)cc1N(CC(=O)N(Cc1cccc(Br)c1)C(C)C(=O)NCC(C)C)S(=O)(=O)c1ccccc1. The maximum Gasteiger partial charge on any atom is 0.264 e. The topological polar surface area (TPSA) is 86.8 Å². The maximum absolute atomic E-state index is 14.0. The van der Waals surface area contributed by atoms with E-state index in [-0.39, 0.29) is 23.3 Å². The van der Waals surface area contributed by atoms with Gasteiger partial charge < -0.3 is 10.2 Å². The van der Waals surface area contributed by atoms with E-state index in [0.717, 1.165) is 14.3 Å². The van der Waals surface area contributed by atoms with Crippen molar-refractivity contribution in [2.45, 2.75) is 45.2 Å². The number of benzene rings is 3. The highest BCUT2D eigenvalue weighted by Crippen LogP contribution is 2.30. The molecule has 3 rings (SSSR count). The fraction of sp³-hybridized carbons (Fsp3) is 0.310. The molecule has 3 aromatic rings. The molecular weight excluding hydrogens is 602 g/mol. The Labute approximate surface area is 244 Å². The molecule has 7 nitrogen and oxygen atoms in total. The van der Waals surface area contributed by atoms with Crippen LogP contribution in [0.5, 0.6) is 0 Å². The van der Waals surface area contributed by atoms with Crippen LogP contribution in [0.3, 0.4) is 0 Å². The summed E-state index contributed by atoms with van der Waals surface area (Å²) in [4.78, 5) is 28.5. The Hall–Kier alpha value is -2.88. The fourth-order valence-corrected chi connectivity index (χ4v) is 6.06. The highest BCUT2D eigenvalue weighted by molar-refractivity contribution is 9.10. The molecule has 0 aliphatic heterocycles. The lowest BCUT2D eigenvalue weighted by atomic mass is 10.1. The van der Waals surface area contributed by atoms with Crippen molar-refractivity contribution in [3.8, 4) is 0 Å². The van der Waals surface area contributed by atoms with E-state index in [1.54, 1.807) is 44.2 Å². The third-order valence-electron chi connectivity index (χ3n) is 6.14. The van der Waals surface area contributed by atoms with Gasteiger partial charge in [0.15, 0.2) is 0 Å². The molecular formula is C29H33BrClN3O4S. The van der Waals surface area contributed by atoms with Crippen molar-refractivity contribution in [3.63, 3.8) is 0 Å². The quantitative estimate of drug-likeness (QED) is 0.289. The van der Waals surface area contributed by atoms with Crippen LogP contribution in [-0.2, 0) is 26.2 Å². The molecule has 0 aliphatic carbocycles. The van der Waals surface area contributed by atoms with E-state index in [2.05, 4.69) is 21.2 Å². The number of sulfonamides is 1. The van der Waals surface area contributed by atoms with Crippen molar-refractivity contribution in [2.75, 3.05) is 17.4 Å². The van der Waals surface area contributed by atoms with Crippen molar-refractivity contribution in [3.05, 3.63) is 93.4 Å². The van der Waals surface area contributed by atoms with Gasteiger partial charge in [0.1, 0.15) is 12.6 Å². The first kappa shape index (κ1) is 30.7. The van der Waals surface area contributed by atoms with Gasteiger partial charge in [-0.05, 0) is 67.3 Å². The van der Waals surface area contributed by atoms with Gasteiger partial charge in [-0.1, -0.05) is 77.8 Å². The number of nitrogens with one attached hydrogen (secondary N) is 1. The van der Waals surface area contributed by atoms with Gasteiger partial charge >= 0.3 is 0 Å². The summed E-state index contributed by atoms with van der Waals surface area (Å²) in [5.74, 6) is -0.614. The van der Waals surface area contributed by atoms with Gasteiger partial charge in [0.05, 0.1) is 10.6 Å². The van der Waals surface area contributed by atoms with Gasteiger partial charge in [-0.3, -0.25) is 13.9 Å². The molecule has 2 amide bonds. The number of halogens is 2. The molecule has 1 atom stereocenters. The van der Waals surface area contributed by atoms with Crippen LogP contribution < -0.4 is 9.62 Å². The number of anilines is 1. The summed E-state index contributed by atoms with van der Waals surface area (Å²) in [5, 5.41) is 3.22. The number of carbonyl (C=O) groups is 2. The second-order valence-corrected chi connectivity index (χ2v) is 12.9. The fourth-order valence-electron chi connectivity index (χ4n) is 3.95. The monoisotopic (exact) mass is 633 g/mol. The molecule has 0 aromatic heterocycles. The lowest BCUT2D eigenvalue weighted by molar-refractivity contribution is -0.139. The van der Waals surface area contributed by atoms with E-state index in [9.17, 15) is 18.0 Å². The lowest BCUT2D eigenvalue weighted by Gasteiger charge is -2.32. The molecule has 0 aliphatic rings. The van der Waals surface area contributed by atoms with Gasteiger partial charge in [0.2, 0.25) is 11.8 Å². The van der Waals surface area contributed by atoms with Crippen LogP contribution >= 0.6 is 27.5 Å². The van der Waals surface area contributed by atoms with Crippen molar-refractivity contribution in [1.29, 1.82) is 0 Å². The van der Waals surface area contributed by atoms with Crippen LogP contribution in [0.2, 0.25) is 5.02 Å². The molecule has 0 spiro atoms. The van der Waals surface area contributed by atoms with E-state index >= 15 is 0 Å². The summed E-state index contributed by atoms with van der Waals surface area (Å²) in [6.45, 7) is 7.41. The molecule has 0 bridgehead atoms. The average molecular weight is 635 g/mol. The predicted octanol–water partition coefficient (Wildman–Crippen LogP) is 5.80. The number of rotatable bonds is 11. The van der Waals surface area contributed by atoms with Crippen LogP contribution in [-0.4, -0.2) is 44.3 Å². The third-order valence-corrected chi connectivity index (χ3v) is 8.65. The summed E-state index contributed by atoms with van der Waals surface area (Å²) in [6, 6.07) is 19.4. The summed E-state index contributed by atoms with van der Waals surface area (Å²) >= 11 is 9.71. The summed E-state index contributed by atoms with van der Waals surface area (Å²) < 4.78 is 29.6. The van der Waals surface area contributed by atoms with Gasteiger partial charge in [-0.25, -0.2) is 8.42 Å². The van der Waals surface area contributed by atoms with Crippen LogP contribution in [0.25, 0.3) is 0 Å². The van der Waals surface area contributed by atoms with Gasteiger partial charge in [-0.15, -0.1) is 0 Å². The Morgan fingerprint density at radius 1 is 0.974 bits per heavy atom. The maximum atomic E-state index is 14.0. The largest absolute Gasteiger partial charge is 0.354 e. The number of hydrogen-bond acceptors (Lipinski definition) is 4. The average Bonchev–Trinajstić information content (AvgIpc) is 2.90. The van der Waals surface area contributed by atoms with Crippen LogP contribution in [0.15, 0.2) is 82.2 Å². The Balaban J connectivity index is 2.04. The second-order valence-electron chi connectivity index (χ2n) is 9.72. The molecule has 1 unspecified atom stereocenters. The van der Waals surface area contributed by atoms with E-state index < -0.39 is 28.5 Å². The number of hydrogen-bond donors (Lipinski definition) is 1. The summed E-state index contributed by atoms with van der Waals surface area (Å²) in [6.07, 6.45) is 0. The Morgan fingerprint density at radius 2 is 1.67 bits per heavy atom. The summed E-state index contributed by atoms with van der Waals surface area (Å²) in [7, 11) is -4.15. The zero-order chi connectivity index (χ0) is 28.7. The first-order valence-electron chi connectivity index (χ1n) is 12.6. The van der Waals surface area contributed by atoms with Gasteiger partial charge in [0, 0.05) is 22.6 Å². The number of carbonyl (C=O) groups excluding carboxylic acids is 2. The summed E-state index contributed by atoms with van der Waals surface area (Å²) in [5.41, 5.74) is 1.71. The predicted molar refractivity (Wildman–Crippen MR) is 159 cm³/mol. The van der Waals surface area contributed by atoms with Gasteiger partial charge in [-0.2, -0.15) is 0 Å². The van der Waals surface area contributed by atoms with Crippen molar-refractivity contribution < 1.29 is 18.0 Å². The van der Waals surface area contributed by atoms with E-state index in [4.69, 9.17) is 11.6 Å². The molecule has 0 saturated carbocycles. The molecule has 10 heteroatoms. The zero-order valence-electron chi connectivity index (χ0n) is 22.4. The Morgan fingerprint density at radius 3 is 2.31 bits per heavy atom. The first-order chi connectivity index (χ1) is 18.4. The van der Waals surface area contributed by atoms with Crippen molar-refractivity contribution in [2.24, 2.45) is 5.92 Å². The Bertz CT molecular complexity index is 1420. The highest BCUT2D eigenvalue weighted by atomic mass is 79.9. The van der Waals surface area contributed by atoms with Gasteiger partial charge in [0.25, 0.3) is 10.0 Å². The zero-order valence-corrected chi connectivity index (χ0v) is 25.6. The lowest BCUT2D eigenvalue weighted by Crippen LogP contribution is -2.51. The minimum absolute atomic E-state index is 0.0402. The minimum atomic E-state index is -4.15. The van der Waals surface area contributed by atoms with E-state index in [1.165, 1.54) is 23.1 Å². The smallest absolute Gasteiger partial charge is 0.264 e. The number of nitrogens with zero attached hydrogens (tertiary/aromatic N) is 2. The van der Waals surface area contributed by atoms with E-state index in [0.29, 0.717) is 22.8 Å². The second kappa shape index (κ2) is 13.5. The number of aryl methyl sites for hydroxylation is 1. The first-order valence-corrected chi connectivity index (χ1v) is 15.2. The molecule has 208 valence electrons. The Kier molecular flexibility index (Phi) is 10.6. The van der Waals surface area contributed by atoms with Crippen molar-refractivity contribution >= 4 is 55.1 Å². The van der Waals surface area contributed by atoms with Crippen molar-refractivity contribution in [1.82, 2.24) is 10.2 Å². The van der Waals surface area contributed by atoms with Crippen LogP contribution in [0.4, 0.5) is 5.69 Å². The highest BCUT2D eigenvalue weighted by Gasteiger charge is 2.33. The minimum Gasteiger partial charge on any atom is -0.354 e. The third kappa shape index (κ3) is 8.06. The van der Waals surface area contributed by atoms with Crippen LogP contribution in [0, 0.1) is 12.8 Å². The standard InChI is InChI=1S/C29H33BrClN3O4S/c1-20(2)17-32-29(36)22(4)33(18-23-9-8-10-24(30)15-23)28(35)19-34(27-16-25(31)14-13-21(27)3)39(37,38)26-11-6-5-7-12-26/h5-16,20,22H,17-19H2,1-4H3,(H,32,36). The normalized spacial score (nSPS) is 12.2. The molecule has 0 radical (unpaired) electrons. The molecule has 39 heavy (non-hydrogen) atoms. The molecule has 1 N–H and O–H groups in total.